The summed E-state index contributed by atoms with van der Waals surface area (Å²) in [5.41, 5.74) is 0.944. The molecule has 8 heteroatoms. The molecule has 0 spiro atoms. The van der Waals surface area contributed by atoms with Gasteiger partial charge in [0, 0.05) is 22.8 Å². The number of ether oxygens (including phenoxy) is 1. The highest BCUT2D eigenvalue weighted by Crippen LogP contribution is 2.18. The molecule has 122 valence electrons. The van der Waals surface area contributed by atoms with Crippen molar-refractivity contribution in [2.75, 3.05) is 7.11 Å². The van der Waals surface area contributed by atoms with Crippen LogP contribution >= 0.6 is 10.7 Å². The number of methoxy groups -OCH3 is 1. The van der Waals surface area contributed by atoms with Gasteiger partial charge in [-0.2, -0.15) is 0 Å². The first kappa shape index (κ1) is 17.2. The van der Waals surface area contributed by atoms with Crippen molar-refractivity contribution in [2.45, 2.75) is 11.4 Å². The van der Waals surface area contributed by atoms with Gasteiger partial charge in [-0.25, -0.2) is 12.8 Å². The Morgan fingerprint density at radius 2 is 1.87 bits per heavy atom. The minimum Gasteiger partial charge on any atom is -0.494 e. The number of carbonyl (C=O) groups is 1. The predicted molar refractivity (Wildman–Crippen MR) is 83.6 cm³/mol. The van der Waals surface area contributed by atoms with Crippen LogP contribution in [0.2, 0.25) is 0 Å². The number of amides is 1. The van der Waals surface area contributed by atoms with Gasteiger partial charge in [-0.05, 0) is 42.0 Å². The number of nitrogens with one attached hydrogen (secondary N) is 1. The Hall–Kier alpha value is -2.12. The van der Waals surface area contributed by atoms with E-state index in [1.807, 2.05) is 0 Å². The second-order valence-electron chi connectivity index (χ2n) is 4.61. The third kappa shape index (κ3) is 4.43. The summed E-state index contributed by atoms with van der Waals surface area (Å²) in [7, 11) is 2.74. The zero-order chi connectivity index (χ0) is 17.0. The summed E-state index contributed by atoms with van der Waals surface area (Å²) in [5, 5.41) is 2.64. The van der Waals surface area contributed by atoms with Gasteiger partial charge in [0.1, 0.15) is 0 Å². The molecule has 0 bridgehead atoms. The van der Waals surface area contributed by atoms with Gasteiger partial charge in [0.2, 0.25) is 0 Å². The van der Waals surface area contributed by atoms with Gasteiger partial charge in [-0.15, -0.1) is 0 Å². The molecule has 0 atom stereocenters. The Morgan fingerprint density at radius 3 is 2.43 bits per heavy atom. The maximum absolute atomic E-state index is 13.3. The highest BCUT2D eigenvalue weighted by atomic mass is 35.7. The van der Waals surface area contributed by atoms with Gasteiger partial charge >= 0.3 is 0 Å². The Morgan fingerprint density at radius 1 is 1.22 bits per heavy atom. The zero-order valence-corrected chi connectivity index (χ0v) is 13.6. The lowest BCUT2D eigenvalue weighted by atomic mass is 10.2. The van der Waals surface area contributed by atoms with Crippen LogP contribution in [0.1, 0.15) is 15.9 Å². The van der Waals surface area contributed by atoms with Crippen molar-refractivity contribution in [1.82, 2.24) is 5.32 Å². The van der Waals surface area contributed by atoms with Crippen LogP contribution < -0.4 is 10.1 Å². The lowest BCUT2D eigenvalue weighted by molar-refractivity contribution is 0.0950. The average Bonchev–Trinajstić information content (AvgIpc) is 2.53. The van der Waals surface area contributed by atoms with Crippen molar-refractivity contribution in [3.05, 3.63) is 59.4 Å². The summed E-state index contributed by atoms with van der Waals surface area (Å²) in [6, 6.07) is 9.47. The number of rotatable bonds is 5. The molecule has 0 saturated carbocycles. The molecule has 0 aromatic heterocycles. The molecule has 0 heterocycles. The number of carbonyl (C=O) groups excluding carboxylic acids is 1. The highest BCUT2D eigenvalue weighted by molar-refractivity contribution is 8.13. The van der Waals surface area contributed by atoms with Crippen molar-refractivity contribution in [3.63, 3.8) is 0 Å². The number of halogens is 2. The van der Waals surface area contributed by atoms with E-state index in [2.05, 4.69) is 5.32 Å². The van der Waals surface area contributed by atoms with Gasteiger partial charge in [-0.1, -0.05) is 6.07 Å². The van der Waals surface area contributed by atoms with Gasteiger partial charge < -0.3 is 10.1 Å². The predicted octanol–water partition coefficient (Wildman–Crippen LogP) is 2.69. The molecule has 2 aromatic carbocycles. The second-order valence-corrected chi connectivity index (χ2v) is 7.18. The summed E-state index contributed by atoms with van der Waals surface area (Å²) in [5.74, 6) is -0.791. The van der Waals surface area contributed by atoms with Crippen LogP contribution in [0.5, 0.6) is 5.75 Å². The van der Waals surface area contributed by atoms with E-state index in [1.54, 1.807) is 0 Å². The summed E-state index contributed by atoms with van der Waals surface area (Å²) >= 11 is 0. The Labute approximate surface area is 137 Å². The summed E-state index contributed by atoms with van der Waals surface area (Å²) in [4.78, 5) is 11.9. The molecule has 0 unspecified atom stereocenters. The Bertz CT molecular complexity index is 822. The van der Waals surface area contributed by atoms with Gasteiger partial charge in [0.25, 0.3) is 15.0 Å². The molecule has 0 aliphatic heterocycles. The zero-order valence-electron chi connectivity index (χ0n) is 12.0. The van der Waals surface area contributed by atoms with Crippen molar-refractivity contribution in [2.24, 2.45) is 0 Å². The molecule has 0 saturated heterocycles. The van der Waals surface area contributed by atoms with E-state index < -0.39 is 20.8 Å². The molecule has 1 amide bonds. The first-order valence-corrected chi connectivity index (χ1v) is 8.77. The molecule has 1 N–H and O–H groups in total. The van der Waals surface area contributed by atoms with Crippen LogP contribution in [-0.2, 0) is 15.6 Å². The van der Waals surface area contributed by atoms with Crippen molar-refractivity contribution < 1.29 is 22.3 Å². The molecular weight excluding hydrogens is 345 g/mol. The van der Waals surface area contributed by atoms with Crippen LogP contribution in [0.3, 0.4) is 0 Å². The highest BCUT2D eigenvalue weighted by Gasteiger charge is 2.12. The van der Waals surface area contributed by atoms with Crippen molar-refractivity contribution in [1.29, 1.82) is 0 Å². The van der Waals surface area contributed by atoms with Crippen molar-refractivity contribution >= 4 is 25.6 Å². The molecule has 2 aromatic rings. The normalized spacial score (nSPS) is 11.1. The van der Waals surface area contributed by atoms with Crippen molar-refractivity contribution in [3.8, 4) is 5.75 Å². The molecule has 2 rings (SSSR count). The molecular formula is C15H13ClFNO4S. The fourth-order valence-electron chi connectivity index (χ4n) is 1.87. The topological polar surface area (TPSA) is 72.5 Å². The molecule has 0 aliphatic carbocycles. The van der Waals surface area contributed by atoms with Crippen LogP contribution in [0.4, 0.5) is 4.39 Å². The SMILES string of the molecule is COc1cc(CNC(=O)c2ccc(S(=O)(=O)Cl)cc2)ccc1F. The quantitative estimate of drug-likeness (QED) is 0.835. The van der Waals surface area contributed by atoms with E-state index in [1.165, 1.54) is 49.6 Å². The summed E-state index contributed by atoms with van der Waals surface area (Å²) < 4.78 is 40.4. The van der Waals surface area contributed by atoms with E-state index in [4.69, 9.17) is 15.4 Å². The third-order valence-corrected chi connectivity index (χ3v) is 4.44. The standard InChI is InChI=1S/C15H13ClFNO4S/c1-22-14-8-10(2-7-13(14)17)9-18-15(19)11-3-5-12(6-4-11)23(16,20)21/h2-8H,9H2,1H3,(H,18,19). The van der Waals surface area contributed by atoms with Gasteiger partial charge in [0.15, 0.2) is 11.6 Å². The molecule has 0 fully saturated rings. The minimum atomic E-state index is -3.82. The molecule has 0 aliphatic rings. The first-order chi connectivity index (χ1) is 10.8. The van der Waals surface area contributed by atoms with E-state index >= 15 is 0 Å². The Kier molecular flexibility index (Phi) is 5.23. The molecule has 23 heavy (non-hydrogen) atoms. The van der Waals surface area contributed by atoms with E-state index in [-0.39, 0.29) is 22.8 Å². The minimum absolute atomic E-state index is 0.0843. The van der Waals surface area contributed by atoms with Gasteiger partial charge in [-0.3, -0.25) is 4.79 Å². The van der Waals surface area contributed by atoms with Crippen LogP contribution in [0.25, 0.3) is 0 Å². The third-order valence-electron chi connectivity index (χ3n) is 3.07. The number of hydrogen-bond donors (Lipinski definition) is 1. The number of hydrogen-bond acceptors (Lipinski definition) is 4. The molecule has 5 nitrogen and oxygen atoms in total. The lowest BCUT2D eigenvalue weighted by Crippen LogP contribution is -2.22. The maximum atomic E-state index is 13.3. The van der Waals surface area contributed by atoms with E-state index in [0.29, 0.717) is 5.56 Å². The van der Waals surface area contributed by atoms with Crippen LogP contribution in [0, 0.1) is 5.82 Å². The lowest BCUT2D eigenvalue weighted by Gasteiger charge is -2.08. The summed E-state index contributed by atoms with van der Waals surface area (Å²) in [6.45, 7) is 0.172. The van der Waals surface area contributed by atoms with Gasteiger partial charge in [0.05, 0.1) is 12.0 Å². The second kappa shape index (κ2) is 6.97. The first-order valence-electron chi connectivity index (χ1n) is 6.46. The summed E-state index contributed by atoms with van der Waals surface area (Å²) in [6.07, 6.45) is 0. The average molecular weight is 358 g/mol. The fourth-order valence-corrected chi connectivity index (χ4v) is 2.64. The monoisotopic (exact) mass is 357 g/mol. The van der Waals surface area contributed by atoms with E-state index in [0.717, 1.165) is 0 Å². The molecule has 0 radical (unpaired) electrons. The van der Waals surface area contributed by atoms with E-state index in [9.17, 15) is 17.6 Å². The Balaban J connectivity index is 2.05. The number of benzene rings is 2. The van der Waals surface area contributed by atoms with Crippen LogP contribution in [-0.4, -0.2) is 21.4 Å². The smallest absolute Gasteiger partial charge is 0.261 e. The van der Waals surface area contributed by atoms with Crippen LogP contribution in [0.15, 0.2) is 47.4 Å². The fraction of sp³-hybridized carbons (Fsp3) is 0.133. The largest absolute Gasteiger partial charge is 0.494 e. The maximum Gasteiger partial charge on any atom is 0.261 e.